The highest BCUT2D eigenvalue weighted by atomic mass is 35.5. The number of hydrogen-bond acceptors (Lipinski definition) is 7. The molecule has 1 aliphatic rings. The topological polar surface area (TPSA) is 96.4 Å². The van der Waals surface area contributed by atoms with Gasteiger partial charge in [-0.05, 0) is 50.0 Å². The fourth-order valence-electron chi connectivity index (χ4n) is 3.66. The van der Waals surface area contributed by atoms with Crippen LogP contribution in [-0.4, -0.2) is 66.9 Å². The molecule has 1 fully saturated rings. The minimum absolute atomic E-state index is 0.110. The second-order valence-electron chi connectivity index (χ2n) is 7.93. The number of benzene rings is 2. The molecule has 1 heterocycles. The number of Topliss-reactive ketones (excluding diaryl/α,β-unsaturated/α-hetero) is 1. The van der Waals surface area contributed by atoms with Crippen molar-refractivity contribution in [2.75, 3.05) is 34.3 Å². The second-order valence-corrected chi connectivity index (χ2v) is 8.74. The number of nitrogens with zero attached hydrogens (tertiary/aromatic N) is 2. The maximum absolute atomic E-state index is 13.1. The first-order chi connectivity index (χ1) is 16.0. The zero-order valence-corrected chi connectivity index (χ0v) is 20.6. The number of ether oxygens (including phenoxy) is 2. The van der Waals surface area contributed by atoms with Crippen molar-refractivity contribution in [3.05, 3.63) is 63.1 Å². The van der Waals surface area contributed by atoms with Crippen molar-refractivity contribution in [1.29, 1.82) is 0 Å². The zero-order chi connectivity index (χ0) is 25.2. The van der Waals surface area contributed by atoms with Gasteiger partial charge in [-0.3, -0.25) is 14.4 Å². The number of aliphatic hydroxyl groups is 1. The fourth-order valence-corrected chi connectivity index (χ4v) is 3.96. The van der Waals surface area contributed by atoms with Gasteiger partial charge in [0.25, 0.3) is 11.7 Å². The minimum atomic E-state index is -0.936. The molecule has 10 heteroatoms. The number of ketones is 1. The summed E-state index contributed by atoms with van der Waals surface area (Å²) in [6, 6.07) is 8.21. The third-order valence-electron chi connectivity index (χ3n) is 5.28. The molecule has 2 aromatic rings. The van der Waals surface area contributed by atoms with E-state index < -0.39 is 23.7 Å². The summed E-state index contributed by atoms with van der Waals surface area (Å²) < 4.78 is 10.5. The Bertz CT molecular complexity index is 1180. The molecular formula is C24H24Cl2N2O6. The minimum Gasteiger partial charge on any atom is -0.507 e. The van der Waals surface area contributed by atoms with Crippen LogP contribution < -0.4 is 9.47 Å². The highest BCUT2D eigenvalue weighted by molar-refractivity contribution is 6.47. The van der Waals surface area contributed by atoms with Crippen LogP contribution in [0.25, 0.3) is 5.76 Å². The Kier molecular flexibility index (Phi) is 7.86. The Morgan fingerprint density at radius 2 is 1.79 bits per heavy atom. The van der Waals surface area contributed by atoms with Crippen molar-refractivity contribution in [2.45, 2.75) is 13.0 Å². The first-order valence-electron chi connectivity index (χ1n) is 10.3. The molecule has 34 heavy (non-hydrogen) atoms. The molecule has 180 valence electrons. The van der Waals surface area contributed by atoms with Crippen LogP contribution in [0.5, 0.6) is 11.5 Å². The smallest absolute Gasteiger partial charge is 0.308 e. The summed E-state index contributed by atoms with van der Waals surface area (Å²) in [6.45, 7) is 1.94. The summed E-state index contributed by atoms with van der Waals surface area (Å²) in [5, 5.41) is 11.6. The summed E-state index contributed by atoms with van der Waals surface area (Å²) in [4.78, 5) is 41.0. The van der Waals surface area contributed by atoms with Crippen molar-refractivity contribution in [2.24, 2.45) is 0 Å². The van der Waals surface area contributed by atoms with Crippen LogP contribution in [0.2, 0.25) is 10.0 Å². The number of esters is 1. The zero-order valence-electron chi connectivity index (χ0n) is 19.1. The Morgan fingerprint density at radius 1 is 1.09 bits per heavy atom. The fraction of sp³-hybridized carbons (Fsp3) is 0.292. The SMILES string of the molecule is COc1ccc(C2/C(=C(/O)c3ccc(Cl)c(Cl)c3)C(=O)C(=O)N2CCN(C)C)cc1OC(C)=O. The maximum Gasteiger partial charge on any atom is 0.308 e. The summed E-state index contributed by atoms with van der Waals surface area (Å²) in [7, 11) is 5.11. The molecule has 0 radical (unpaired) electrons. The van der Waals surface area contributed by atoms with Gasteiger partial charge >= 0.3 is 5.97 Å². The molecular weight excluding hydrogens is 483 g/mol. The Labute approximate surface area is 207 Å². The lowest BCUT2D eigenvalue weighted by Gasteiger charge is -2.27. The third kappa shape index (κ3) is 5.19. The van der Waals surface area contributed by atoms with Gasteiger partial charge in [0.15, 0.2) is 11.5 Å². The highest BCUT2D eigenvalue weighted by Crippen LogP contribution is 2.42. The average Bonchev–Trinajstić information content (AvgIpc) is 3.03. The van der Waals surface area contributed by atoms with E-state index in [4.69, 9.17) is 32.7 Å². The van der Waals surface area contributed by atoms with Gasteiger partial charge in [-0.25, -0.2) is 0 Å². The molecule has 3 rings (SSSR count). The van der Waals surface area contributed by atoms with Gasteiger partial charge in [0.2, 0.25) is 0 Å². The first kappa shape index (κ1) is 25.6. The van der Waals surface area contributed by atoms with Crippen LogP contribution in [-0.2, 0) is 14.4 Å². The van der Waals surface area contributed by atoms with E-state index in [-0.39, 0.29) is 39.2 Å². The maximum atomic E-state index is 13.1. The van der Waals surface area contributed by atoms with Crippen molar-refractivity contribution >= 4 is 46.6 Å². The standard InChI is InChI=1S/C24H24Cl2N2O6/c1-13(29)34-19-12-14(6-8-18(19)33-4)21-20(22(30)15-5-7-16(25)17(26)11-15)23(31)24(32)28(21)10-9-27(2)3/h5-8,11-12,21,30H,9-10H2,1-4H3/b22-20-. The molecule has 1 saturated heterocycles. The molecule has 2 aromatic carbocycles. The molecule has 0 spiro atoms. The molecule has 8 nitrogen and oxygen atoms in total. The summed E-state index contributed by atoms with van der Waals surface area (Å²) in [5.74, 6) is -2.11. The van der Waals surface area contributed by atoms with Crippen molar-refractivity contribution < 1.29 is 29.0 Å². The number of rotatable bonds is 7. The molecule has 1 atom stereocenters. The normalized spacial score (nSPS) is 17.4. The molecule has 1 amide bonds. The predicted octanol–water partition coefficient (Wildman–Crippen LogP) is 3.91. The van der Waals surface area contributed by atoms with E-state index in [0.29, 0.717) is 17.9 Å². The number of aliphatic hydroxyl groups excluding tert-OH is 1. The van der Waals surface area contributed by atoms with Crippen LogP contribution in [0.15, 0.2) is 42.0 Å². The van der Waals surface area contributed by atoms with Gasteiger partial charge in [-0.2, -0.15) is 0 Å². The van der Waals surface area contributed by atoms with Gasteiger partial charge in [0, 0.05) is 25.6 Å². The van der Waals surface area contributed by atoms with Crippen LogP contribution in [0.1, 0.15) is 24.1 Å². The largest absolute Gasteiger partial charge is 0.507 e. The molecule has 1 aliphatic heterocycles. The van der Waals surface area contributed by atoms with Gasteiger partial charge < -0.3 is 24.4 Å². The van der Waals surface area contributed by atoms with Crippen LogP contribution in [0.3, 0.4) is 0 Å². The lowest BCUT2D eigenvalue weighted by Crippen LogP contribution is -2.35. The van der Waals surface area contributed by atoms with Gasteiger partial charge in [0.1, 0.15) is 5.76 Å². The summed E-state index contributed by atoms with van der Waals surface area (Å²) in [5.41, 5.74) is 0.580. The van der Waals surface area contributed by atoms with E-state index in [1.54, 1.807) is 12.1 Å². The molecule has 1 N–H and O–H groups in total. The highest BCUT2D eigenvalue weighted by Gasteiger charge is 2.46. The van der Waals surface area contributed by atoms with E-state index in [1.165, 1.54) is 43.2 Å². The number of hydrogen-bond donors (Lipinski definition) is 1. The monoisotopic (exact) mass is 506 g/mol. The number of carbonyl (C=O) groups is 3. The summed E-state index contributed by atoms with van der Waals surface area (Å²) in [6.07, 6.45) is 0. The van der Waals surface area contributed by atoms with Crippen LogP contribution in [0, 0.1) is 0 Å². The van der Waals surface area contributed by atoms with E-state index in [9.17, 15) is 19.5 Å². The Balaban J connectivity index is 2.21. The van der Waals surface area contributed by atoms with Gasteiger partial charge in [-0.1, -0.05) is 29.3 Å². The van der Waals surface area contributed by atoms with Crippen molar-refractivity contribution in [3.8, 4) is 11.5 Å². The number of methoxy groups -OCH3 is 1. The number of halogens is 2. The molecule has 0 saturated carbocycles. The van der Waals surface area contributed by atoms with Gasteiger partial charge in [-0.15, -0.1) is 0 Å². The second kappa shape index (κ2) is 10.5. The molecule has 1 unspecified atom stereocenters. The molecule has 0 aromatic heterocycles. The number of amides is 1. The first-order valence-corrected chi connectivity index (χ1v) is 11.1. The lowest BCUT2D eigenvalue weighted by molar-refractivity contribution is -0.140. The molecule has 0 bridgehead atoms. The van der Waals surface area contributed by atoms with Crippen LogP contribution >= 0.6 is 23.2 Å². The quantitative estimate of drug-likeness (QED) is 0.200. The third-order valence-corrected chi connectivity index (χ3v) is 6.02. The summed E-state index contributed by atoms with van der Waals surface area (Å²) >= 11 is 12.1. The Morgan fingerprint density at radius 3 is 2.38 bits per heavy atom. The van der Waals surface area contributed by atoms with E-state index in [0.717, 1.165) is 0 Å². The Hall–Kier alpha value is -3.07. The number of likely N-dealkylation sites (tertiary alicyclic amines) is 1. The van der Waals surface area contributed by atoms with E-state index in [2.05, 4.69) is 0 Å². The number of likely N-dealkylation sites (N-methyl/N-ethyl adjacent to an activating group) is 1. The number of carbonyl (C=O) groups excluding carboxylic acids is 3. The van der Waals surface area contributed by atoms with E-state index in [1.807, 2.05) is 19.0 Å². The lowest BCUT2D eigenvalue weighted by atomic mass is 9.95. The van der Waals surface area contributed by atoms with E-state index >= 15 is 0 Å². The van der Waals surface area contributed by atoms with Crippen molar-refractivity contribution in [1.82, 2.24) is 9.80 Å². The predicted molar refractivity (Wildman–Crippen MR) is 128 cm³/mol. The molecule has 0 aliphatic carbocycles. The van der Waals surface area contributed by atoms with Gasteiger partial charge in [0.05, 0.1) is 28.8 Å². The van der Waals surface area contributed by atoms with Crippen LogP contribution in [0.4, 0.5) is 0 Å². The average molecular weight is 507 g/mol. The van der Waals surface area contributed by atoms with Crippen molar-refractivity contribution in [3.63, 3.8) is 0 Å².